The van der Waals surface area contributed by atoms with Gasteiger partial charge in [-0.2, -0.15) is 0 Å². The van der Waals surface area contributed by atoms with Crippen molar-refractivity contribution < 1.29 is 14.3 Å². The van der Waals surface area contributed by atoms with Gasteiger partial charge in [0.2, 0.25) is 0 Å². The lowest BCUT2D eigenvalue weighted by atomic mass is 10.2. The Morgan fingerprint density at radius 1 is 1.29 bits per heavy atom. The number of amides is 1. The molecular weight excluding hydrogens is 218 g/mol. The van der Waals surface area contributed by atoms with Gasteiger partial charge in [-0.05, 0) is 12.5 Å². The van der Waals surface area contributed by atoms with Crippen LogP contribution in [-0.2, 0) is 14.3 Å². The van der Waals surface area contributed by atoms with E-state index < -0.39 is 11.9 Å². The summed E-state index contributed by atoms with van der Waals surface area (Å²) in [5.41, 5.74) is 1.04. The van der Waals surface area contributed by atoms with Crippen LogP contribution in [0.5, 0.6) is 0 Å². The van der Waals surface area contributed by atoms with E-state index in [1.165, 1.54) is 0 Å². The number of ether oxygens (including phenoxy) is 1. The van der Waals surface area contributed by atoms with Gasteiger partial charge in [-0.25, -0.2) is 4.79 Å². The van der Waals surface area contributed by atoms with Crippen LogP contribution >= 0.6 is 0 Å². The van der Waals surface area contributed by atoms with Crippen LogP contribution in [0.3, 0.4) is 0 Å². The number of carbonyl (C=O) groups is 2. The minimum absolute atomic E-state index is 0.201. The van der Waals surface area contributed by atoms with Gasteiger partial charge in [0.25, 0.3) is 0 Å². The Morgan fingerprint density at radius 3 is 2.65 bits per heavy atom. The van der Waals surface area contributed by atoms with Gasteiger partial charge in [-0.15, -0.1) is 0 Å². The van der Waals surface area contributed by atoms with Crippen LogP contribution in [0.1, 0.15) is 12.5 Å². The van der Waals surface area contributed by atoms with Crippen LogP contribution in [0.2, 0.25) is 0 Å². The number of esters is 1. The van der Waals surface area contributed by atoms with E-state index in [0.717, 1.165) is 5.56 Å². The third kappa shape index (κ3) is 4.97. The van der Waals surface area contributed by atoms with Crippen molar-refractivity contribution in [2.45, 2.75) is 6.92 Å². The topological polar surface area (TPSA) is 55.4 Å². The molecule has 4 nitrogen and oxygen atoms in total. The van der Waals surface area contributed by atoms with Gasteiger partial charge in [-0.3, -0.25) is 4.79 Å². The third-order valence-corrected chi connectivity index (χ3v) is 1.95. The highest BCUT2D eigenvalue weighted by Crippen LogP contribution is 1.99. The number of carbonyl (C=O) groups excluding carboxylic acids is 2. The molecule has 0 saturated carbocycles. The van der Waals surface area contributed by atoms with E-state index in [-0.39, 0.29) is 6.61 Å². The molecule has 0 fully saturated rings. The molecule has 0 saturated heterocycles. The Balaban J connectivity index is 2.31. The molecule has 0 heterocycles. The maximum atomic E-state index is 11.1. The Bertz CT molecular complexity index is 398. The number of hydrogen-bond donors (Lipinski definition) is 1. The highest BCUT2D eigenvalue weighted by Gasteiger charge is 2.12. The Kier molecular flexibility index (Phi) is 5.51. The smallest absolute Gasteiger partial charge is 0.396 e. The molecule has 0 atom stereocenters. The average molecular weight is 233 g/mol. The summed E-state index contributed by atoms with van der Waals surface area (Å²) >= 11 is 0. The first kappa shape index (κ1) is 13.0. The van der Waals surface area contributed by atoms with Crippen molar-refractivity contribution in [3.63, 3.8) is 0 Å². The first-order valence-corrected chi connectivity index (χ1v) is 5.40. The van der Waals surface area contributed by atoms with Crippen molar-refractivity contribution in [2.24, 2.45) is 0 Å². The predicted octanol–water partition coefficient (Wildman–Crippen LogP) is 1.38. The SMILES string of the molecule is CCOC(=O)C(=O)NC/C=C/c1ccccc1. The molecule has 1 aromatic rings. The molecule has 1 rings (SSSR count). The number of benzene rings is 1. The summed E-state index contributed by atoms with van der Waals surface area (Å²) in [4.78, 5) is 22.1. The molecule has 17 heavy (non-hydrogen) atoms. The molecule has 0 aliphatic carbocycles. The minimum Gasteiger partial charge on any atom is -0.459 e. The van der Waals surface area contributed by atoms with Crippen LogP contribution in [0, 0.1) is 0 Å². The third-order valence-electron chi connectivity index (χ3n) is 1.95. The maximum absolute atomic E-state index is 11.1. The summed E-state index contributed by atoms with van der Waals surface area (Å²) in [5, 5.41) is 2.44. The fourth-order valence-electron chi connectivity index (χ4n) is 1.18. The van der Waals surface area contributed by atoms with E-state index in [9.17, 15) is 9.59 Å². The van der Waals surface area contributed by atoms with Crippen molar-refractivity contribution in [1.29, 1.82) is 0 Å². The molecule has 1 N–H and O–H groups in total. The summed E-state index contributed by atoms with van der Waals surface area (Å²) in [6, 6.07) is 9.68. The Hall–Kier alpha value is -2.10. The van der Waals surface area contributed by atoms with E-state index in [2.05, 4.69) is 10.1 Å². The van der Waals surface area contributed by atoms with Gasteiger partial charge < -0.3 is 10.1 Å². The van der Waals surface area contributed by atoms with Gasteiger partial charge in [0, 0.05) is 6.54 Å². The Morgan fingerprint density at radius 2 is 2.00 bits per heavy atom. The first-order valence-electron chi connectivity index (χ1n) is 5.40. The largest absolute Gasteiger partial charge is 0.459 e. The molecule has 1 amide bonds. The van der Waals surface area contributed by atoms with E-state index >= 15 is 0 Å². The van der Waals surface area contributed by atoms with Crippen molar-refractivity contribution >= 4 is 18.0 Å². The van der Waals surface area contributed by atoms with Gasteiger partial charge in [0.05, 0.1) is 6.61 Å². The second-order valence-corrected chi connectivity index (χ2v) is 3.24. The average Bonchev–Trinajstić information content (AvgIpc) is 2.36. The lowest BCUT2D eigenvalue weighted by molar-refractivity contribution is -0.154. The molecule has 0 aromatic heterocycles. The zero-order valence-electron chi connectivity index (χ0n) is 9.68. The molecule has 0 radical (unpaired) electrons. The van der Waals surface area contributed by atoms with Crippen LogP contribution in [-0.4, -0.2) is 25.0 Å². The molecular formula is C13H15NO3. The molecule has 90 valence electrons. The van der Waals surface area contributed by atoms with E-state index in [4.69, 9.17) is 0 Å². The van der Waals surface area contributed by atoms with Crippen molar-refractivity contribution in [3.05, 3.63) is 42.0 Å². The highest BCUT2D eigenvalue weighted by atomic mass is 16.5. The second-order valence-electron chi connectivity index (χ2n) is 3.24. The fraction of sp³-hybridized carbons (Fsp3) is 0.231. The lowest BCUT2D eigenvalue weighted by Crippen LogP contribution is -2.32. The van der Waals surface area contributed by atoms with Crippen LogP contribution < -0.4 is 5.32 Å². The number of hydrogen-bond acceptors (Lipinski definition) is 3. The standard InChI is InChI=1S/C13H15NO3/c1-2-17-13(16)12(15)14-10-6-9-11-7-4-3-5-8-11/h3-9H,2,10H2,1H3,(H,14,15)/b9-6+. The van der Waals surface area contributed by atoms with Crippen molar-refractivity contribution in [1.82, 2.24) is 5.32 Å². The Labute approximate surface area is 100 Å². The van der Waals surface area contributed by atoms with E-state index in [1.54, 1.807) is 13.0 Å². The summed E-state index contributed by atoms with van der Waals surface area (Å²) < 4.78 is 4.54. The molecule has 0 unspecified atom stereocenters. The summed E-state index contributed by atoms with van der Waals surface area (Å²) in [6.07, 6.45) is 3.64. The first-order chi connectivity index (χ1) is 8.24. The molecule has 1 aromatic carbocycles. The fourth-order valence-corrected chi connectivity index (χ4v) is 1.18. The monoisotopic (exact) mass is 233 g/mol. The van der Waals surface area contributed by atoms with Gasteiger partial charge >= 0.3 is 11.9 Å². The van der Waals surface area contributed by atoms with Gasteiger partial charge in [-0.1, -0.05) is 42.5 Å². The number of nitrogens with one attached hydrogen (secondary N) is 1. The van der Waals surface area contributed by atoms with Crippen LogP contribution in [0.4, 0.5) is 0 Å². The highest BCUT2D eigenvalue weighted by molar-refractivity contribution is 6.32. The maximum Gasteiger partial charge on any atom is 0.396 e. The molecule has 0 aliphatic rings. The van der Waals surface area contributed by atoms with Crippen molar-refractivity contribution in [3.8, 4) is 0 Å². The zero-order valence-corrected chi connectivity index (χ0v) is 9.68. The summed E-state index contributed by atoms with van der Waals surface area (Å²) in [6.45, 7) is 2.15. The summed E-state index contributed by atoms with van der Waals surface area (Å²) in [5.74, 6) is -1.56. The summed E-state index contributed by atoms with van der Waals surface area (Å²) in [7, 11) is 0. The molecule has 4 heteroatoms. The van der Waals surface area contributed by atoms with Crippen LogP contribution in [0.25, 0.3) is 6.08 Å². The quantitative estimate of drug-likeness (QED) is 0.631. The molecule has 0 spiro atoms. The van der Waals surface area contributed by atoms with E-state index in [1.807, 2.05) is 36.4 Å². The van der Waals surface area contributed by atoms with Gasteiger partial charge in [0.15, 0.2) is 0 Å². The normalized spacial score (nSPS) is 10.2. The zero-order chi connectivity index (χ0) is 12.5. The minimum atomic E-state index is -0.847. The number of rotatable bonds is 4. The van der Waals surface area contributed by atoms with Crippen molar-refractivity contribution in [2.75, 3.05) is 13.2 Å². The van der Waals surface area contributed by atoms with Gasteiger partial charge in [0.1, 0.15) is 0 Å². The predicted molar refractivity (Wildman–Crippen MR) is 65.1 cm³/mol. The second kappa shape index (κ2) is 7.22. The molecule has 0 bridgehead atoms. The lowest BCUT2D eigenvalue weighted by Gasteiger charge is -2.01. The van der Waals surface area contributed by atoms with E-state index in [0.29, 0.717) is 6.54 Å². The molecule has 0 aliphatic heterocycles. The van der Waals surface area contributed by atoms with Crippen LogP contribution in [0.15, 0.2) is 36.4 Å².